The zero-order valence-corrected chi connectivity index (χ0v) is 28.8. The van der Waals surface area contributed by atoms with Gasteiger partial charge < -0.3 is 15.7 Å². The number of carbonyl (C=O) groups excluding carboxylic acids is 4. The summed E-state index contributed by atoms with van der Waals surface area (Å²) in [6, 6.07) is 6.29. The standard InChI is InChI=1S/C28H8Cl10N2O5/c29-15-13(16(30)20(34)23(37)19(15)33)27(44)39-7-3-1-2-6-10(7)26(43)12-9(41)5-4-8(11(12)25(6)42)40-28(45)14-17(31)21(35)24(38)22(36)18(14)32/h1-5,41H,(H,39,44)(H,40,45). The van der Waals surface area contributed by atoms with Crippen molar-refractivity contribution >= 4 is 151 Å². The maximum absolute atomic E-state index is 13.9. The second-order valence-electron chi connectivity index (χ2n) is 9.07. The van der Waals surface area contributed by atoms with E-state index in [-0.39, 0.29) is 89.4 Å². The molecule has 5 rings (SSSR count). The minimum atomic E-state index is -0.959. The zero-order chi connectivity index (χ0) is 33.2. The summed E-state index contributed by atoms with van der Waals surface area (Å²) in [4.78, 5) is 54.3. The molecule has 3 N–H and O–H groups in total. The Hall–Kier alpha value is -2.14. The molecule has 0 aromatic heterocycles. The van der Waals surface area contributed by atoms with E-state index in [0.29, 0.717) is 0 Å². The van der Waals surface area contributed by atoms with Crippen LogP contribution in [0.15, 0.2) is 30.3 Å². The monoisotopic (exact) mass is 802 g/mol. The van der Waals surface area contributed by atoms with Gasteiger partial charge in [-0.25, -0.2) is 0 Å². The van der Waals surface area contributed by atoms with Crippen molar-refractivity contribution in [1.82, 2.24) is 0 Å². The fourth-order valence-electron chi connectivity index (χ4n) is 4.49. The molecule has 0 heterocycles. The third kappa shape index (κ3) is 5.61. The average molecular weight is 807 g/mol. The number of anilines is 2. The molecule has 230 valence electrons. The highest BCUT2D eigenvalue weighted by Gasteiger charge is 2.37. The lowest BCUT2D eigenvalue weighted by Gasteiger charge is -2.24. The number of phenols is 1. The van der Waals surface area contributed by atoms with Crippen LogP contribution in [-0.4, -0.2) is 28.5 Å². The summed E-state index contributed by atoms with van der Waals surface area (Å²) in [5, 5.41) is 13.1. The van der Waals surface area contributed by atoms with Crippen molar-refractivity contribution in [3.8, 4) is 5.75 Å². The second-order valence-corrected chi connectivity index (χ2v) is 12.8. The highest BCUT2D eigenvalue weighted by atomic mass is 35.5. The van der Waals surface area contributed by atoms with Crippen LogP contribution in [0.2, 0.25) is 50.2 Å². The molecule has 0 radical (unpaired) electrons. The first-order valence-corrected chi connectivity index (χ1v) is 15.6. The van der Waals surface area contributed by atoms with Crippen LogP contribution in [0.1, 0.15) is 52.6 Å². The molecule has 1 aliphatic carbocycles. The van der Waals surface area contributed by atoms with Crippen LogP contribution in [0.5, 0.6) is 5.75 Å². The number of amides is 2. The second kappa shape index (κ2) is 12.8. The van der Waals surface area contributed by atoms with Crippen molar-refractivity contribution in [2.75, 3.05) is 10.6 Å². The van der Waals surface area contributed by atoms with Crippen molar-refractivity contribution in [3.63, 3.8) is 0 Å². The fraction of sp³-hybridized carbons (Fsp3) is 0. The quantitative estimate of drug-likeness (QED) is 0.0951. The van der Waals surface area contributed by atoms with E-state index in [0.717, 1.165) is 6.07 Å². The van der Waals surface area contributed by atoms with Gasteiger partial charge in [0.2, 0.25) is 0 Å². The Labute approximate surface area is 303 Å². The molecule has 2 amide bonds. The van der Waals surface area contributed by atoms with Gasteiger partial charge in [-0.3, -0.25) is 19.2 Å². The summed E-state index contributed by atoms with van der Waals surface area (Å²) in [6.45, 7) is 0. The Morgan fingerprint density at radius 2 is 0.889 bits per heavy atom. The normalized spacial score (nSPS) is 12.1. The van der Waals surface area contributed by atoms with Crippen LogP contribution in [0, 0.1) is 0 Å². The van der Waals surface area contributed by atoms with E-state index in [4.69, 9.17) is 116 Å². The lowest BCUT2D eigenvalue weighted by Crippen LogP contribution is -2.26. The van der Waals surface area contributed by atoms with Crippen LogP contribution >= 0.6 is 116 Å². The number of aromatic hydroxyl groups is 1. The van der Waals surface area contributed by atoms with Crippen molar-refractivity contribution in [2.45, 2.75) is 0 Å². The molecule has 0 fully saturated rings. The molecule has 0 atom stereocenters. The van der Waals surface area contributed by atoms with Crippen LogP contribution < -0.4 is 10.6 Å². The highest BCUT2D eigenvalue weighted by Crippen LogP contribution is 2.46. The molecule has 0 unspecified atom stereocenters. The number of hydrogen-bond donors (Lipinski definition) is 3. The largest absolute Gasteiger partial charge is 0.507 e. The van der Waals surface area contributed by atoms with Crippen molar-refractivity contribution < 1.29 is 24.3 Å². The molecular formula is C28H8Cl10N2O5. The van der Waals surface area contributed by atoms with Crippen molar-refractivity contribution in [3.05, 3.63) is 114 Å². The Balaban J connectivity index is 1.58. The number of nitrogens with one attached hydrogen (secondary N) is 2. The summed E-state index contributed by atoms with van der Waals surface area (Å²) in [7, 11) is 0. The van der Waals surface area contributed by atoms with Crippen LogP contribution in [-0.2, 0) is 0 Å². The molecule has 1 aliphatic rings. The number of halogens is 10. The maximum Gasteiger partial charge on any atom is 0.258 e. The van der Waals surface area contributed by atoms with E-state index in [1.165, 1.54) is 24.3 Å². The molecule has 17 heteroatoms. The highest BCUT2D eigenvalue weighted by molar-refractivity contribution is 6.58. The Bertz CT molecular complexity index is 2010. The average Bonchev–Trinajstić information content (AvgIpc) is 3.00. The first-order valence-electron chi connectivity index (χ1n) is 11.8. The van der Waals surface area contributed by atoms with Crippen molar-refractivity contribution in [1.29, 1.82) is 0 Å². The molecule has 4 aromatic rings. The first kappa shape index (κ1) is 34.2. The third-order valence-corrected chi connectivity index (χ3v) is 11.1. The molecular weight excluding hydrogens is 799 g/mol. The Morgan fingerprint density at radius 1 is 0.489 bits per heavy atom. The number of hydrogen-bond acceptors (Lipinski definition) is 5. The molecule has 0 spiro atoms. The van der Waals surface area contributed by atoms with Crippen LogP contribution in [0.4, 0.5) is 11.4 Å². The van der Waals surface area contributed by atoms with E-state index in [2.05, 4.69) is 10.6 Å². The Morgan fingerprint density at radius 3 is 1.33 bits per heavy atom. The van der Waals surface area contributed by atoms with Gasteiger partial charge >= 0.3 is 0 Å². The predicted octanol–water partition coefficient (Wildman–Crippen LogP) is 11.2. The van der Waals surface area contributed by atoms with E-state index >= 15 is 0 Å². The predicted molar refractivity (Wildman–Crippen MR) is 180 cm³/mol. The Kier molecular flexibility index (Phi) is 9.74. The maximum atomic E-state index is 13.9. The van der Waals surface area contributed by atoms with Crippen LogP contribution in [0.25, 0.3) is 0 Å². The molecule has 4 aromatic carbocycles. The van der Waals surface area contributed by atoms with Gasteiger partial charge in [0.25, 0.3) is 11.8 Å². The molecule has 0 bridgehead atoms. The minimum absolute atomic E-state index is 0.145. The van der Waals surface area contributed by atoms with E-state index in [1.54, 1.807) is 0 Å². The van der Waals surface area contributed by atoms with Gasteiger partial charge in [-0.1, -0.05) is 128 Å². The molecule has 0 saturated carbocycles. The van der Waals surface area contributed by atoms with Gasteiger partial charge in [0, 0.05) is 5.56 Å². The first-order chi connectivity index (χ1) is 21.1. The SMILES string of the molecule is O=C(Nc1cccc2c1C(=O)c1c(O)ccc(NC(=O)c3c(Cl)c(Cl)c(Cl)c(Cl)c3Cl)c1C2=O)c1c(Cl)c(Cl)c(Cl)c(Cl)c1Cl. The van der Waals surface area contributed by atoms with E-state index in [9.17, 15) is 24.3 Å². The van der Waals surface area contributed by atoms with Gasteiger partial charge in [-0.2, -0.15) is 0 Å². The van der Waals surface area contributed by atoms with E-state index in [1.807, 2.05) is 0 Å². The fourth-order valence-corrected chi connectivity index (χ4v) is 7.11. The minimum Gasteiger partial charge on any atom is -0.507 e. The third-order valence-electron chi connectivity index (χ3n) is 6.54. The van der Waals surface area contributed by atoms with E-state index < -0.39 is 34.7 Å². The topological polar surface area (TPSA) is 113 Å². The molecule has 0 saturated heterocycles. The number of carbonyl (C=O) groups is 4. The van der Waals surface area contributed by atoms with Gasteiger partial charge in [0.1, 0.15) is 5.75 Å². The lowest BCUT2D eigenvalue weighted by molar-refractivity contribution is 0.0975. The van der Waals surface area contributed by atoms with Gasteiger partial charge in [0.15, 0.2) is 11.6 Å². The number of fused-ring (bicyclic) bond motifs is 2. The van der Waals surface area contributed by atoms with Gasteiger partial charge in [-0.05, 0) is 18.2 Å². The van der Waals surface area contributed by atoms with Gasteiger partial charge in [0.05, 0.1) is 89.4 Å². The summed E-state index contributed by atoms with van der Waals surface area (Å²) in [6.07, 6.45) is 0. The molecule has 7 nitrogen and oxygen atoms in total. The van der Waals surface area contributed by atoms with Crippen molar-refractivity contribution in [2.24, 2.45) is 0 Å². The zero-order valence-electron chi connectivity index (χ0n) is 21.2. The molecule has 45 heavy (non-hydrogen) atoms. The number of rotatable bonds is 4. The lowest BCUT2D eigenvalue weighted by atomic mass is 9.81. The van der Waals surface area contributed by atoms with Crippen LogP contribution in [0.3, 0.4) is 0 Å². The summed E-state index contributed by atoms with van der Waals surface area (Å²) in [5.41, 5.74) is -2.32. The van der Waals surface area contributed by atoms with Gasteiger partial charge in [-0.15, -0.1) is 0 Å². The number of phenolic OH excluding ortho intramolecular Hbond substituents is 1. The summed E-state index contributed by atoms with van der Waals surface area (Å²) < 4.78 is 0. The number of ketones is 2. The smallest absolute Gasteiger partial charge is 0.258 e. The number of benzene rings is 4. The molecule has 0 aliphatic heterocycles. The summed E-state index contributed by atoms with van der Waals surface area (Å²) in [5.74, 6) is -4.16. The summed E-state index contributed by atoms with van der Waals surface area (Å²) >= 11 is 61.2.